The maximum absolute atomic E-state index is 13.3. The minimum atomic E-state index is -1.66. The molecule has 536 valence electrons. The van der Waals surface area contributed by atoms with Crippen LogP contribution in [0.1, 0.15) is 418 Å². The molecule has 1 amide bonds. The predicted molar refractivity (Wildman–Crippen MR) is 381 cm³/mol. The second-order valence-electron chi connectivity index (χ2n) is 28.5. The first-order valence-corrected chi connectivity index (χ1v) is 40.1. The molecule has 1 aliphatic heterocycles. The van der Waals surface area contributed by atoms with Gasteiger partial charge in [0.1, 0.15) is 36.6 Å². The van der Waals surface area contributed by atoms with E-state index in [1.807, 2.05) is 0 Å². The molecule has 0 aromatic heterocycles. The molecule has 0 aliphatic carbocycles. The van der Waals surface area contributed by atoms with Crippen LogP contribution in [0.5, 0.6) is 0 Å². The fourth-order valence-corrected chi connectivity index (χ4v) is 13.4. The van der Waals surface area contributed by atoms with Crippen molar-refractivity contribution in [3.8, 4) is 0 Å². The molecular formula is C79H155NO10. The number of aliphatic hydroxyl groups excluding tert-OH is 7. The second-order valence-corrected chi connectivity index (χ2v) is 28.5. The maximum Gasteiger partial charge on any atom is 0.249 e. The van der Waals surface area contributed by atoms with Crippen LogP contribution in [0.4, 0.5) is 0 Å². The Labute approximate surface area is 557 Å². The number of rotatable bonds is 72. The van der Waals surface area contributed by atoms with Gasteiger partial charge in [0.25, 0.3) is 0 Å². The molecule has 1 rings (SSSR count). The monoisotopic (exact) mass is 1280 g/mol. The lowest BCUT2D eigenvalue weighted by Crippen LogP contribution is -2.60. The van der Waals surface area contributed by atoms with Crippen LogP contribution >= 0.6 is 0 Å². The van der Waals surface area contributed by atoms with E-state index < -0.39 is 74.2 Å². The van der Waals surface area contributed by atoms with Crippen LogP contribution in [0.15, 0.2) is 12.2 Å². The van der Waals surface area contributed by atoms with Crippen molar-refractivity contribution in [3.63, 3.8) is 0 Å². The SMILES string of the molecule is CCCCCCCCCCCCCCCCCC/C=C\CCCCCCCCCCCCCCCCCCC(O)C(=O)NC(COC1OC(CO)C(O)C(O)C1O)C(O)C(O)CCCCCCCCCCCCCCCCCCCCCCCCCCCCC. The van der Waals surface area contributed by atoms with Gasteiger partial charge < -0.3 is 50.5 Å². The number of aliphatic hydroxyl groups is 7. The topological polar surface area (TPSA) is 189 Å². The highest BCUT2D eigenvalue weighted by Crippen LogP contribution is 2.25. The lowest BCUT2D eigenvalue weighted by Gasteiger charge is -2.40. The highest BCUT2D eigenvalue weighted by Gasteiger charge is 2.44. The number of allylic oxidation sites excluding steroid dienone is 2. The van der Waals surface area contributed by atoms with Crippen LogP contribution in [0.2, 0.25) is 0 Å². The lowest BCUT2D eigenvalue weighted by molar-refractivity contribution is -0.303. The number of amides is 1. The van der Waals surface area contributed by atoms with Gasteiger partial charge in [-0.05, 0) is 38.5 Å². The molecule has 0 bridgehead atoms. The zero-order valence-electron chi connectivity index (χ0n) is 59.7. The van der Waals surface area contributed by atoms with Crippen molar-refractivity contribution >= 4 is 5.91 Å². The molecule has 0 saturated carbocycles. The normalized spacial score (nSPS) is 18.4. The molecule has 8 N–H and O–H groups in total. The Hall–Kier alpha value is -1.15. The van der Waals surface area contributed by atoms with Crippen molar-refractivity contribution in [2.75, 3.05) is 13.2 Å². The Balaban J connectivity index is 2.12. The Bertz CT molecular complexity index is 1470. The first kappa shape index (κ1) is 86.9. The van der Waals surface area contributed by atoms with Gasteiger partial charge in [-0.15, -0.1) is 0 Å². The molecule has 90 heavy (non-hydrogen) atoms. The maximum atomic E-state index is 13.3. The Morgan fingerprint density at radius 3 is 0.933 bits per heavy atom. The molecule has 1 fully saturated rings. The fourth-order valence-electron chi connectivity index (χ4n) is 13.4. The van der Waals surface area contributed by atoms with Crippen molar-refractivity contribution in [2.24, 2.45) is 0 Å². The van der Waals surface area contributed by atoms with Gasteiger partial charge in [0.15, 0.2) is 6.29 Å². The summed E-state index contributed by atoms with van der Waals surface area (Å²) in [7, 11) is 0. The first-order valence-electron chi connectivity index (χ1n) is 40.1. The molecule has 0 radical (unpaired) electrons. The largest absolute Gasteiger partial charge is 0.394 e. The van der Waals surface area contributed by atoms with Crippen molar-refractivity contribution in [2.45, 2.75) is 473 Å². The molecule has 0 aromatic carbocycles. The highest BCUT2D eigenvalue weighted by molar-refractivity contribution is 5.80. The van der Waals surface area contributed by atoms with Gasteiger partial charge in [0.2, 0.25) is 5.91 Å². The third kappa shape index (κ3) is 54.0. The summed E-state index contributed by atoms with van der Waals surface area (Å²) in [6.07, 6.45) is 74.7. The molecule has 0 spiro atoms. The molecule has 11 heteroatoms. The van der Waals surface area contributed by atoms with Crippen LogP contribution in [-0.4, -0.2) is 110 Å². The highest BCUT2D eigenvalue weighted by atomic mass is 16.7. The minimum absolute atomic E-state index is 0.265. The average molecular weight is 1280 g/mol. The van der Waals surface area contributed by atoms with E-state index in [4.69, 9.17) is 9.47 Å². The Kier molecular flexibility index (Phi) is 65.5. The smallest absolute Gasteiger partial charge is 0.249 e. The van der Waals surface area contributed by atoms with Gasteiger partial charge in [-0.1, -0.05) is 392 Å². The first-order chi connectivity index (χ1) is 44.2. The van der Waals surface area contributed by atoms with E-state index in [0.717, 1.165) is 38.5 Å². The van der Waals surface area contributed by atoms with Crippen LogP contribution < -0.4 is 5.32 Å². The molecule has 11 nitrogen and oxygen atoms in total. The minimum Gasteiger partial charge on any atom is -0.394 e. The summed E-state index contributed by atoms with van der Waals surface area (Å²) in [5, 5.41) is 76.8. The average Bonchev–Trinajstić information content (AvgIpc) is 1.44. The number of ether oxygens (including phenoxy) is 2. The van der Waals surface area contributed by atoms with E-state index in [0.29, 0.717) is 19.3 Å². The van der Waals surface area contributed by atoms with E-state index >= 15 is 0 Å². The summed E-state index contributed by atoms with van der Waals surface area (Å²) >= 11 is 0. The number of carbonyl (C=O) groups excluding carboxylic acids is 1. The van der Waals surface area contributed by atoms with Gasteiger partial charge in [-0.2, -0.15) is 0 Å². The summed E-state index contributed by atoms with van der Waals surface area (Å²) in [5.41, 5.74) is 0. The summed E-state index contributed by atoms with van der Waals surface area (Å²) in [6.45, 7) is 3.54. The number of carbonyl (C=O) groups is 1. The van der Waals surface area contributed by atoms with Crippen LogP contribution in [0.25, 0.3) is 0 Å². The number of hydrogen-bond acceptors (Lipinski definition) is 10. The van der Waals surface area contributed by atoms with E-state index in [2.05, 4.69) is 31.3 Å². The van der Waals surface area contributed by atoms with Gasteiger partial charge in [-0.3, -0.25) is 4.79 Å². The van der Waals surface area contributed by atoms with Gasteiger partial charge in [0.05, 0.1) is 25.4 Å². The summed E-state index contributed by atoms with van der Waals surface area (Å²) in [6, 6.07) is -1.17. The molecular weight excluding hydrogens is 1120 g/mol. The predicted octanol–water partition coefficient (Wildman–Crippen LogP) is 20.5. The summed E-state index contributed by atoms with van der Waals surface area (Å²) in [4.78, 5) is 13.3. The summed E-state index contributed by atoms with van der Waals surface area (Å²) in [5.74, 6) is -0.687. The lowest BCUT2D eigenvalue weighted by atomic mass is 9.98. The quantitative estimate of drug-likeness (QED) is 0.0215. The molecule has 9 unspecified atom stereocenters. The standard InChI is InChI=1S/C79H155NO10/c1-3-5-7-9-11-13-15-17-19-21-23-25-27-29-31-32-33-34-35-36-37-38-39-41-43-45-47-49-51-53-55-57-59-61-63-65-67-72(83)78(88)80-70(69-89-79-77(87)76(86)75(85)73(68-81)90-79)74(84)71(82)66-64-62-60-58-56-54-52-50-48-46-44-42-40-30-28-26-24-22-20-18-16-14-12-10-8-6-4-2/h34-35,70-77,79,81-87H,3-33,36-69H2,1-2H3,(H,80,88)/b35-34-. The van der Waals surface area contributed by atoms with Crippen molar-refractivity contribution in [3.05, 3.63) is 12.2 Å². The molecule has 0 aromatic rings. The van der Waals surface area contributed by atoms with E-state index in [1.54, 1.807) is 0 Å². The van der Waals surface area contributed by atoms with Crippen LogP contribution in [-0.2, 0) is 14.3 Å². The van der Waals surface area contributed by atoms with E-state index in [1.165, 1.54) is 340 Å². The molecule has 9 atom stereocenters. The van der Waals surface area contributed by atoms with E-state index in [-0.39, 0.29) is 6.42 Å². The van der Waals surface area contributed by atoms with Crippen molar-refractivity contribution in [1.29, 1.82) is 0 Å². The van der Waals surface area contributed by atoms with Gasteiger partial charge in [-0.25, -0.2) is 0 Å². The number of hydrogen-bond donors (Lipinski definition) is 8. The Morgan fingerprint density at radius 1 is 0.378 bits per heavy atom. The van der Waals surface area contributed by atoms with E-state index in [9.17, 15) is 40.5 Å². The second kappa shape index (κ2) is 67.8. The number of unbranched alkanes of at least 4 members (excludes halogenated alkanes) is 58. The number of nitrogens with one attached hydrogen (secondary N) is 1. The summed E-state index contributed by atoms with van der Waals surface area (Å²) < 4.78 is 11.2. The Morgan fingerprint density at radius 2 is 0.644 bits per heavy atom. The van der Waals surface area contributed by atoms with Crippen molar-refractivity contribution in [1.82, 2.24) is 5.32 Å². The zero-order valence-corrected chi connectivity index (χ0v) is 59.7. The zero-order chi connectivity index (χ0) is 65.3. The third-order valence-electron chi connectivity index (χ3n) is 19.8. The van der Waals surface area contributed by atoms with Gasteiger partial charge in [0, 0.05) is 0 Å². The molecule has 1 aliphatic rings. The molecule has 1 saturated heterocycles. The van der Waals surface area contributed by atoms with Crippen LogP contribution in [0.3, 0.4) is 0 Å². The van der Waals surface area contributed by atoms with Crippen molar-refractivity contribution < 1.29 is 50.0 Å². The van der Waals surface area contributed by atoms with Gasteiger partial charge >= 0.3 is 0 Å². The molecule has 1 heterocycles. The van der Waals surface area contributed by atoms with Crippen LogP contribution in [0, 0.1) is 0 Å². The fraction of sp³-hybridized carbons (Fsp3) is 0.962. The third-order valence-corrected chi connectivity index (χ3v) is 19.8.